The SMILES string of the molecule is COP1(=S)NCC(c2cc(C)ccc2C)O1. The summed E-state index contributed by atoms with van der Waals surface area (Å²) >= 11 is 5.28. The molecule has 16 heavy (non-hydrogen) atoms. The van der Waals surface area contributed by atoms with Gasteiger partial charge in [0.25, 0.3) is 6.64 Å². The van der Waals surface area contributed by atoms with Crippen LogP contribution in [0.1, 0.15) is 22.8 Å². The van der Waals surface area contributed by atoms with Gasteiger partial charge in [0.1, 0.15) is 6.10 Å². The van der Waals surface area contributed by atoms with Crippen LogP contribution in [0, 0.1) is 13.8 Å². The Morgan fingerprint density at radius 3 is 2.88 bits per heavy atom. The van der Waals surface area contributed by atoms with Gasteiger partial charge < -0.3 is 9.05 Å². The predicted octanol–water partition coefficient (Wildman–Crippen LogP) is 2.84. The highest BCUT2D eigenvalue weighted by molar-refractivity contribution is 8.09. The van der Waals surface area contributed by atoms with Crippen molar-refractivity contribution in [1.29, 1.82) is 0 Å². The number of hydrogen-bond donors (Lipinski definition) is 1. The van der Waals surface area contributed by atoms with Crippen molar-refractivity contribution in [3.8, 4) is 0 Å². The summed E-state index contributed by atoms with van der Waals surface area (Å²) in [7, 11) is 1.60. The van der Waals surface area contributed by atoms with E-state index in [4.69, 9.17) is 20.9 Å². The average Bonchev–Trinajstić information content (AvgIpc) is 2.65. The molecular formula is C11H16NO2PS. The fraction of sp³-hybridized carbons (Fsp3) is 0.455. The Hall–Kier alpha value is -0.250. The first kappa shape index (κ1) is 12.2. The van der Waals surface area contributed by atoms with Crippen molar-refractivity contribution >= 4 is 18.4 Å². The lowest BCUT2D eigenvalue weighted by Gasteiger charge is -2.16. The Kier molecular flexibility index (Phi) is 3.48. The Bertz CT molecular complexity index is 450. The molecule has 0 aliphatic carbocycles. The topological polar surface area (TPSA) is 30.5 Å². The largest absolute Gasteiger partial charge is 0.321 e. The van der Waals surface area contributed by atoms with Crippen molar-refractivity contribution < 1.29 is 9.05 Å². The van der Waals surface area contributed by atoms with Gasteiger partial charge in [-0.05, 0) is 36.8 Å². The fourth-order valence-corrected chi connectivity index (χ4v) is 3.56. The maximum Gasteiger partial charge on any atom is 0.261 e. The van der Waals surface area contributed by atoms with Crippen molar-refractivity contribution in [3.05, 3.63) is 34.9 Å². The van der Waals surface area contributed by atoms with Gasteiger partial charge in [0, 0.05) is 13.7 Å². The number of rotatable bonds is 2. The van der Waals surface area contributed by atoms with Crippen LogP contribution in [0.4, 0.5) is 0 Å². The van der Waals surface area contributed by atoms with Crippen LogP contribution in [0.25, 0.3) is 0 Å². The van der Waals surface area contributed by atoms with Gasteiger partial charge in [-0.25, -0.2) is 5.09 Å². The van der Waals surface area contributed by atoms with E-state index in [0.717, 1.165) is 6.54 Å². The molecular weight excluding hydrogens is 241 g/mol. The summed E-state index contributed by atoms with van der Waals surface area (Å²) in [5.41, 5.74) is 3.68. The molecule has 0 radical (unpaired) electrons. The first-order valence-corrected chi connectivity index (χ1v) is 7.84. The molecule has 2 atom stereocenters. The molecule has 1 aliphatic rings. The second-order valence-corrected chi connectivity index (χ2v) is 7.33. The second-order valence-electron chi connectivity index (χ2n) is 4.00. The molecule has 1 saturated heterocycles. The Balaban J connectivity index is 2.27. The molecule has 3 nitrogen and oxygen atoms in total. The average molecular weight is 257 g/mol. The normalized spacial score (nSPS) is 29.6. The molecule has 2 unspecified atom stereocenters. The van der Waals surface area contributed by atoms with E-state index in [2.05, 4.69) is 37.1 Å². The zero-order valence-electron chi connectivity index (χ0n) is 9.69. The molecule has 1 N–H and O–H groups in total. The summed E-state index contributed by atoms with van der Waals surface area (Å²) in [6.45, 7) is 2.68. The third kappa shape index (κ3) is 2.36. The third-order valence-corrected chi connectivity index (χ3v) is 5.43. The van der Waals surface area contributed by atoms with Gasteiger partial charge in [0.2, 0.25) is 0 Å². The van der Waals surface area contributed by atoms with E-state index in [-0.39, 0.29) is 6.10 Å². The number of benzene rings is 1. The Morgan fingerprint density at radius 1 is 1.50 bits per heavy atom. The van der Waals surface area contributed by atoms with Crippen molar-refractivity contribution in [2.45, 2.75) is 20.0 Å². The quantitative estimate of drug-likeness (QED) is 0.825. The zero-order valence-corrected chi connectivity index (χ0v) is 11.4. The summed E-state index contributed by atoms with van der Waals surface area (Å²) in [5.74, 6) is 0. The van der Waals surface area contributed by atoms with E-state index in [9.17, 15) is 0 Å². The van der Waals surface area contributed by atoms with Crippen LogP contribution in [-0.2, 0) is 20.9 Å². The van der Waals surface area contributed by atoms with Crippen molar-refractivity contribution in [2.24, 2.45) is 0 Å². The molecule has 1 heterocycles. The first-order chi connectivity index (χ1) is 7.54. The van der Waals surface area contributed by atoms with E-state index < -0.39 is 6.64 Å². The maximum absolute atomic E-state index is 5.81. The van der Waals surface area contributed by atoms with E-state index in [1.54, 1.807) is 7.11 Å². The summed E-state index contributed by atoms with van der Waals surface area (Å²) in [6, 6.07) is 6.37. The monoisotopic (exact) mass is 257 g/mol. The van der Waals surface area contributed by atoms with Gasteiger partial charge in [0.15, 0.2) is 0 Å². The van der Waals surface area contributed by atoms with Gasteiger partial charge in [-0.2, -0.15) is 0 Å². The molecule has 0 bridgehead atoms. The maximum atomic E-state index is 5.81. The molecule has 0 spiro atoms. The van der Waals surface area contributed by atoms with Gasteiger partial charge in [0.05, 0.1) is 0 Å². The van der Waals surface area contributed by atoms with Crippen LogP contribution in [-0.4, -0.2) is 13.7 Å². The van der Waals surface area contributed by atoms with Gasteiger partial charge in [-0.3, -0.25) is 0 Å². The van der Waals surface area contributed by atoms with E-state index in [1.165, 1.54) is 16.7 Å². The highest BCUT2D eigenvalue weighted by Gasteiger charge is 2.32. The lowest BCUT2D eigenvalue weighted by Crippen LogP contribution is -2.08. The lowest BCUT2D eigenvalue weighted by atomic mass is 10.0. The van der Waals surface area contributed by atoms with Crippen LogP contribution < -0.4 is 5.09 Å². The third-order valence-electron chi connectivity index (χ3n) is 2.76. The Morgan fingerprint density at radius 2 is 2.25 bits per heavy atom. The lowest BCUT2D eigenvalue weighted by molar-refractivity contribution is 0.233. The molecule has 88 valence electrons. The number of hydrogen-bond acceptors (Lipinski definition) is 3. The summed E-state index contributed by atoms with van der Waals surface area (Å²) < 4.78 is 11.0. The molecule has 5 heteroatoms. The number of aryl methyl sites for hydroxylation is 2. The smallest absolute Gasteiger partial charge is 0.261 e. The first-order valence-electron chi connectivity index (χ1n) is 5.20. The molecule has 2 rings (SSSR count). The van der Waals surface area contributed by atoms with E-state index in [0.29, 0.717) is 0 Å². The summed E-state index contributed by atoms with van der Waals surface area (Å²) in [4.78, 5) is 0. The van der Waals surface area contributed by atoms with Crippen molar-refractivity contribution in [2.75, 3.05) is 13.7 Å². The van der Waals surface area contributed by atoms with Crippen molar-refractivity contribution in [3.63, 3.8) is 0 Å². The van der Waals surface area contributed by atoms with Gasteiger partial charge in [-0.1, -0.05) is 23.8 Å². The molecule has 0 aromatic heterocycles. The minimum absolute atomic E-state index is 0.0192. The Labute approximate surface area is 101 Å². The highest BCUT2D eigenvalue weighted by Crippen LogP contribution is 2.52. The van der Waals surface area contributed by atoms with Crippen LogP contribution in [0.5, 0.6) is 0 Å². The molecule has 0 amide bonds. The number of nitrogens with one attached hydrogen (secondary N) is 1. The van der Waals surface area contributed by atoms with Gasteiger partial charge in [-0.15, -0.1) is 0 Å². The fourth-order valence-electron chi connectivity index (χ4n) is 1.82. The molecule has 1 aromatic carbocycles. The zero-order chi connectivity index (χ0) is 11.8. The van der Waals surface area contributed by atoms with E-state index >= 15 is 0 Å². The summed E-state index contributed by atoms with van der Waals surface area (Å²) in [6.07, 6.45) is 0.0192. The van der Waals surface area contributed by atoms with Crippen molar-refractivity contribution in [1.82, 2.24) is 5.09 Å². The second kappa shape index (κ2) is 4.55. The van der Waals surface area contributed by atoms with E-state index in [1.807, 2.05) is 0 Å². The van der Waals surface area contributed by atoms with Crippen LogP contribution >= 0.6 is 6.64 Å². The van der Waals surface area contributed by atoms with Crippen LogP contribution in [0.3, 0.4) is 0 Å². The molecule has 1 aliphatic heterocycles. The summed E-state index contributed by atoms with van der Waals surface area (Å²) in [5, 5.41) is 3.16. The van der Waals surface area contributed by atoms with Gasteiger partial charge >= 0.3 is 0 Å². The highest BCUT2D eigenvalue weighted by atomic mass is 32.5. The minimum Gasteiger partial charge on any atom is -0.321 e. The molecule has 1 fully saturated rings. The standard InChI is InChI=1S/C11H16NO2PS/c1-8-4-5-9(2)10(6-8)11-7-12-15(16,13-3)14-11/h4-6,11H,7H2,1-3H3,(H,12,16). The molecule has 0 saturated carbocycles. The minimum atomic E-state index is -2.22. The predicted molar refractivity (Wildman–Crippen MR) is 69.0 cm³/mol. The van der Waals surface area contributed by atoms with Crippen LogP contribution in [0.2, 0.25) is 0 Å². The van der Waals surface area contributed by atoms with Crippen LogP contribution in [0.15, 0.2) is 18.2 Å². The molecule has 1 aromatic rings.